The Morgan fingerprint density at radius 2 is 2.30 bits per heavy atom. The minimum atomic E-state index is 0.0486. The molecule has 0 radical (unpaired) electrons. The largest absolute Gasteiger partial charge is 0.356 e. The van der Waals surface area contributed by atoms with Crippen molar-refractivity contribution in [2.24, 2.45) is 0 Å². The maximum Gasteiger partial charge on any atom is 0.234 e. The zero-order valence-corrected chi connectivity index (χ0v) is 12.5. The summed E-state index contributed by atoms with van der Waals surface area (Å²) in [6.07, 6.45) is 3.36. The van der Waals surface area contributed by atoms with Gasteiger partial charge in [-0.05, 0) is 30.5 Å². The Bertz CT molecular complexity index is 503. The molecule has 0 saturated heterocycles. The molecule has 0 aromatic heterocycles. The van der Waals surface area contributed by atoms with Gasteiger partial charge in [-0.3, -0.25) is 9.59 Å². The van der Waals surface area contributed by atoms with E-state index in [1.54, 1.807) is 11.8 Å². The second kappa shape index (κ2) is 7.33. The van der Waals surface area contributed by atoms with E-state index in [4.69, 9.17) is 0 Å². The lowest BCUT2D eigenvalue weighted by molar-refractivity contribution is -0.121. The lowest BCUT2D eigenvalue weighted by Crippen LogP contribution is -2.25. The number of rotatable bonds is 6. The quantitative estimate of drug-likeness (QED) is 0.847. The smallest absolute Gasteiger partial charge is 0.234 e. The first-order valence-corrected chi connectivity index (χ1v) is 8.00. The van der Waals surface area contributed by atoms with Gasteiger partial charge in [0.15, 0.2) is 0 Å². The van der Waals surface area contributed by atoms with Crippen molar-refractivity contribution in [2.45, 2.75) is 37.5 Å². The van der Waals surface area contributed by atoms with Crippen molar-refractivity contribution in [3.63, 3.8) is 0 Å². The van der Waals surface area contributed by atoms with Gasteiger partial charge >= 0.3 is 0 Å². The fraction of sp³-hybridized carbons (Fsp3) is 0.467. The van der Waals surface area contributed by atoms with Gasteiger partial charge in [0.2, 0.25) is 11.8 Å². The SMILES string of the molecule is CCCCC(=O)NCCc1ccc2c(c1)NC(=O)CS2. The molecule has 0 fully saturated rings. The summed E-state index contributed by atoms with van der Waals surface area (Å²) in [7, 11) is 0. The summed E-state index contributed by atoms with van der Waals surface area (Å²) in [6.45, 7) is 2.72. The van der Waals surface area contributed by atoms with E-state index >= 15 is 0 Å². The molecular weight excluding hydrogens is 272 g/mol. The van der Waals surface area contributed by atoms with Gasteiger partial charge in [-0.1, -0.05) is 19.4 Å². The summed E-state index contributed by atoms with van der Waals surface area (Å²) in [4.78, 5) is 24.0. The van der Waals surface area contributed by atoms with Gasteiger partial charge in [0.05, 0.1) is 11.4 Å². The van der Waals surface area contributed by atoms with Crippen LogP contribution in [0.2, 0.25) is 0 Å². The maximum atomic E-state index is 11.5. The average molecular weight is 292 g/mol. The number of benzene rings is 1. The minimum absolute atomic E-state index is 0.0486. The van der Waals surface area contributed by atoms with Crippen LogP contribution in [0.4, 0.5) is 5.69 Å². The highest BCUT2D eigenvalue weighted by atomic mass is 32.2. The van der Waals surface area contributed by atoms with Gasteiger partial charge in [-0.15, -0.1) is 11.8 Å². The standard InChI is InChI=1S/C15H20N2O2S/c1-2-3-4-14(18)16-8-7-11-5-6-13-12(9-11)17-15(19)10-20-13/h5-6,9H,2-4,7-8,10H2,1H3,(H,16,18)(H,17,19). The van der Waals surface area contributed by atoms with E-state index in [-0.39, 0.29) is 11.8 Å². The molecule has 0 spiro atoms. The van der Waals surface area contributed by atoms with E-state index in [1.807, 2.05) is 12.1 Å². The molecule has 1 aromatic carbocycles. The molecule has 0 bridgehead atoms. The Balaban J connectivity index is 1.83. The molecule has 0 unspecified atom stereocenters. The van der Waals surface area contributed by atoms with E-state index < -0.39 is 0 Å². The first kappa shape index (κ1) is 14.9. The van der Waals surface area contributed by atoms with Crippen LogP contribution in [-0.4, -0.2) is 24.1 Å². The van der Waals surface area contributed by atoms with Gasteiger partial charge in [0.25, 0.3) is 0 Å². The van der Waals surface area contributed by atoms with E-state index in [1.165, 1.54) is 0 Å². The lowest BCUT2D eigenvalue weighted by Gasteiger charge is -2.17. The number of nitrogens with one attached hydrogen (secondary N) is 2. The Hall–Kier alpha value is -1.49. The Kier molecular flexibility index (Phi) is 5.47. The maximum absolute atomic E-state index is 11.5. The third-order valence-corrected chi connectivity index (χ3v) is 4.24. The fourth-order valence-corrected chi connectivity index (χ4v) is 2.85. The van der Waals surface area contributed by atoms with Crippen molar-refractivity contribution in [3.05, 3.63) is 23.8 Å². The third kappa shape index (κ3) is 4.27. The highest BCUT2D eigenvalue weighted by molar-refractivity contribution is 8.00. The molecule has 4 nitrogen and oxygen atoms in total. The van der Waals surface area contributed by atoms with Crippen molar-refractivity contribution in [1.82, 2.24) is 5.32 Å². The summed E-state index contributed by atoms with van der Waals surface area (Å²) in [5.74, 6) is 0.654. The molecule has 20 heavy (non-hydrogen) atoms. The molecule has 1 aromatic rings. The van der Waals surface area contributed by atoms with Crippen LogP contribution in [0, 0.1) is 0 Å². The summed E-state index contributed by atoms with van der Waals surface area (Å²) in [5.41, 5.74) is 2.02. The van der Waals surface area contributed by atoms with Crippen LogP contribution in [0.1, 0.15) is 31.7 Å². The van der Waals surface area contributed by atoms with Gasteiger partial charge < -0.3 is 10.6 Å². The fourth-order valence-electron chi connectivity index (χ4n) is 2.06. The van der Waals surface area contributed by atoms with E-state index in [2.05, 4.69) is 23.6 Å². The van der Waals surface area contributed by atoms with E-state index in [0.717, 1.165) is 35.4 Å². The van der Waals surface area contributed by atoms with Crippen LogP contribution in [0.15, 0.2) is 23.1 Å². The molecule has 2 rings (SSSR count). The van der Waals surface area contributed by atoms with Crippen molar-refractivity contribution in [1.29, 1.82) is 0 Å². The molecule has 0 saturated carbocycles. The van der Waals surface area contributed by atoms with E-state index in [9.17, 15) is 9.59 Å². The molecule has 1 heterocycles. The monoisotopic (exact) mass is 292 g/mol. The zero-order valence-electron chi connectivity index (χ0n) is 11.7. The van der Waals surface area contributed by atoms with Crippen LogP contribution >= 0.6 is 11.8 Å². The predicted molar refractivity (Wildman–Crippen MR) is 82.0 cm³/mol. The van der Waals surface area contributed by atoms with Crippen molar-refractivity contribution < 1.29 is 9.59 Å². The molecule has 1 aliphatic heterocycles. The molecular formula is C15H20N2O2S. The average Bonchev–Trinajstić information content (AvgIpc) is 2.44. The van der Waals surface area contributed by atoms with Crippen LogP contribution in [0.5, 0.6) is 0 Å². The summed E-state index contributed by atoms with van der Waals surface area (Å²) >= 11 is 1.56. The Labute approximate surface area is 123 Å². The number of unbranched alkanes of at least 4 members (excludes halogenated alkanes) is 1. The number of hydrogen-bond donors (Lipinski definition) is 2. The number of hydrogen-bond acceptors (Lipinski definition) is 3. The minimum Gasteiger partial charge on any atom is -0.356 e. The lowest BCUT2D eigenvalue weighted by atomic mass is 10.1. The van der Waals surface area contributed by atoms with Gasteiger partial charge in [-0.2, -0.15) is 0 Å². The molecule has 0 aliphatic carbocycles. The number of fused-ring (bicyclic) bond motifs is 1. The van der Waals surface area contributed by atoms with Gasteiger partial charge in [-0.25, -0.2) is 0 Å². The molecule has 0 atom stereocenters. The summed E-state index contributed by atoms with van der Waals surface area (Å²) in [5, 5.41) is 5.80. The molecule has 108 valence electrons. The molecule has 2 N–H and O–H groups in total. The number of carbonyl (C=O) groups is 2. The molecule has 2 amide bonds. The summed E-state index contributed by atoms with van der Waals surface area (Å²) in [6, 6.07) is 6.09. The first-order chi connectivity index (χ1) is 9.69. The first-order valence-electron chi connectivity index (χ1n) is 7.01. The predicted octanol–water partition coefficient (Wildman–Crippen LogP) is 2.58. The summed E-state index contributed by atoms with van der Waals surface area (Å²) < 4.78 is 0. The highest BCUT2D eigenvalue weighted by Gasteiger charge is 2.15. The van der Waals surface area contributed by atoms with Crippen LogP contribution in [0.25, 0.3) is 0 Å². The van der Waals surface area contributed by atoms with Gasteiger partial charge in [0.1, 0.15) is 0 Å². The van der Waals surface area contributed by atoms with Crippen LogP contribution < -0.4 is 10.6 Å². The highest BCUT2D eigenvalue weighted by Crippen LogP contribution is 2.31. The number of anilines is 1. The number of amides is 2. The van der Waals surface area contributed by atoms with Crippen molar-refractivity contribution in [3.8, 4) is 0 Å². The van der Waals surface area contributed by atoms with Crippen molar-refractivity contribution in [2.75, 3.05) is 17.6 Å². The molecule has 5 heteroatoms. The number of carbonyl (C=O) groups excluding carboxylic acids is 2. The van der Waals surface area contributed by atoms with Crippen molar-refractivity contribution >= 4 is 29.3 Å². The Morgan fingerprint density at radius 3 is 3.10 bits per heavy atom. The van der Waals surface area contributed by atoms with Crippen LogP contribution in [0.3, 0.4) is 0 Å². The topological polar surface area (TPSA) is 58.2 Å². The second-order valence-electron chi connectivity index (χ2n) is 4.87. The number of thioether (sulfide) groups is 1. The Morgan fingerprint density at radius 1 is 1.45 bits per heavy atom. The third-order valence-electron chi connectivity index (χ3n) is 3.17. The van der Waals surface area contributed by atoms with Gasteiger partial charge in [0, 0.05) is 17.9 Å². The molecule has 1 aliphatic rings. The zero-order chi connectivity index (χ0) is 14.4. The normalized spacial score (nSPS) is 13.6. The van der Waals surface area contributed by atoms with Crippen LogP contribution in [-0.2, 0) is 16.0 Å². The second-order valence-corrected chi connectivity index (χ2v) is 5.89. The van der Waals surface area contributed by atoms with E-state index in [0.29, 0.717) is 18.7 Å².